The van der Waals surface area contributed by atoms with E-state index >= 15 is 0 Å². The Morgan fingerprint density at radius 2 is 1.89 bits per heavy atom. The van der Waals surface area contributed by atoms with Crippen LogP contribution >= 0.6 is 0 Å². The first-order chi connectivity index (χ1) is 13.5. The van der Waals surface area contributed by atoms with Gasteiger partial charge in [-0.3, -0.25) is 4.98 Å². The van der Waals surface area contributed by atoms with Gasteiger partial charge in [0.2, 0.25) is 5.95 Å². The summed E-state index contributed by atoms with van der Waals surface area (Å²) in [5, 5.41) is 3.46. The molecule has 4 rings (SSSR count). The molecule has 0 radical (unpaired) electrons. The summed E-state index contributed by atoms with van der Waals surface area (Å²) < 4.78 is 0. The van der Waals surface area contributed by atoms with Gasteiger partial charge in [0.25, 0.3) is 0 Å². The summed E-state index contributed by atoms with van der Waals surface area (Å²) in [7, 11) is 2.14. The van der Waals surface area contributed by atoms with E-state index < -0.39 is 0 Å². The van der Waals surface area contributed by atoms with E-state index in [9.17, 15) is 4.79 Å². The fourth-order valence-electron chi connectivity index (χ4n) is 3.71. The molecule has 0 spiro atoms. The Labute approximate surface area is 165 Å². The number of hydrogen-bond donors (Lipinski definition) is 1. The minimum absolute atomic E-state index is 0.0716. The molecule has 1 N–H and O–H groups in total. The highest BCUT2D eigenvalue weighted by Gasteiger charge is 2.34. The standard InChI is InChI=1S/C20H27N7O/c1-14(2)26-13-15-12-22-19(23-16-6-10-25(3)11-7-16)24-18(15)27(20(26)28)17-4-8-21-9-5-17/h4-5,8-9,12,14,16H,6-7,10-11,13H2,1-3H3,(H,22,23,24). The molecule has 8 heteroatoms. The highest BCUT2D eigenvalue weighted by molar-refractivity contribution is 6.00. The fourth-order valence-corrected chi connectivity index (χ4v) is 3.71. The Kier molecular flexibility index (Phi) is 5.13. The van der Waals surface area contributed by atoms with E-state index in [1.807, 2.05) is 37.1 Å². The van der Waals surface area contributed by atoms with E-state index in [2.05, 4.69) is 27.2 Å². The molecule has 8 nitrogen and oxygen atoms in total. The molecule has 1 saturated heterocycles. The second-order valence-electron chi connectivity index (χ2n) is 7.81. The number of nitrogens with one attached hydrogen (secondary N) is 1. The van der Waals surface area contributed by atoms with Crippen LogP contribution in [0.2, 0.25) is 0 Å². The minimum atomic E-state index is -0.0716. The zero-order chi connectivity index (χ0) is 19.7. The Morgan fingerprint density at radius 1 is 1.18 bits per heavy atom. The van der Waals surface area contributed by atoms with E-state index in [0.717, 1.165) is 37.2 Å². The van der Waals surface area contributed by atoms with Crippen molar-refractivity contribution in [1.29, 1.82) is 0 Å². The maximum Gasteiger partial charge on any atom is 0.330 e. The van der Waals surface area contributed by atoms with Crippen LogP contribution in [0.5, 0.6) is 0 Å². The second kappa shape index (κ2) is 7.71. The lowest BCUT2D eigenvalue weighted by Crippen LogP contribution is -2.48. The first kappa shape index (κ1) is 18.6. The zero-order valence-corrected chi connectivity index (χ0v) is 16.7. The van der Waals surface area contributed by atoms with Crippen LogP contribution in [-0.2, 0) is 6.54 Å². The molecule has 148 valence electrons. The fraction of sp³-hybridized carbons (Fsp3) is 0.500. The van der Waals surface area contributed by atoms with Gasteiger partial charge in [0.1, 0.15) is 0 Å². The van der Waals surface area contributed by atoms with Crippen LogP contribution in [0.4, 0.5) is 22.2 Å². The Bertz CT molecular complexity index is 834. The van der Waals surface area contributed by atoms with Gasteiger partial charge in [0, 0.05) is 36.2 Å². The highest BCUT2D eigenvalue weighted by atomic mass is 16.2. The first-order valence-electron chi connectivity index (χ1n) is 9.84. The summed E-state index contributed by atoms with van der Waals surface area (Å²) in [6.07, 6.45) is 7.34. The first-order valence-corrected chi connectivity index (χ1v) is 9.84. The van der Waals surface area contributed by atoms with Crippen LogP contribution in [0.1, 0.15) is 32.3 Å². The van der Waals surface area contributed by atoms with Gasteiger partial charge < -0.3 is 15.1 Å². The van der Waals surface area contributed by atoms with Crippen molar-refractivity contribution in [1.82, 2.24) is 24.8 Å². The average Bonchev–Trinajstić information content (AvgIpc) is 2.70. The number of urea groups is 1. The van der Waals surface area contributed by atoms with Crippen molar-refractivity contribution in [2.75, 3.05) is 30.4 Å². The van der Waals surface area contributed by atoms with Gasteiger partial charge in [-0.05, 0) is 59.0 Å². The van der Waals surface area contributed by atoms with Crippen LogP contribution < -0.4 is 10.2 Å². The Balaban J connectivity index is 1.66. The molecule has 0 saturated carbocycles. The number of hydrogen-bond acceptors (Lipinski definition) is 6. The third-order valence-corrected chi connectivity index (χ3v) is 5.43. The average molecular weight is 381 g/mol. The molecule has 2 amide bonds. The number of anilines is 3. The number of carbonyl (C=O) groups excluding carboxylic acids is 1. The lowest BCUT2D eigenvalue weighted by atomic mass is 10.1. The Hall–Kier alpha value is -2.74. The SMILES string of the molecule is CC(C)N1Cc2cnc(NC3CCN(C)CC3)nc2N(c2ccncc2)C1=O. The molecule has 1 fully saturated rings. The molecular weight excluding hydrogens is 354 g/mol. The summed E-state index contributed by atoms with van der Waals surface area (Å²) >= 11 is 0. The molecule has 0 unspecified atom stereocenters. The summed E-state index contributed by atoms with van der Waals surface area (Å²) in [6.45, 7) is 6.68. The number of fused-ring (bicyclic) bond motifs is 1. The van der Waals surface area contributed by atoms with Gasteiger partial charge in [-0.2, -0.15) is 4.98 Å². The molecule has 4 heterocycles. The van der Waals surface area contributed by atoms with Gasteiger partial charge in [-0.25, -0.2) is 14.7 Å². The van der Waals surface area contributed by atoms with Crippen LogP contribution in [0.25, 0.3) is 0 Å². The topological polar surface area (TPSA) is 77.5 Å². The van der Waals surface area contributed by atoms with Crippen LogP contribution in [-0.4, -0.2) is 63.0 Å². The van der Waals surface area contributed by atoms with Crippen molar-refractivity contribution in [3.05, 3.63) is 36.3 Å². The van der Waals surface area contributed by atoms with E-state index in [1.54, 1.807) is 17.3 Å². The summed E-state index contributed by atoms with van der Waals surface area (Å²) in [4.78, 5) is 32.4. The number of likely N-dealkylation sites (tertiary alicyclic amines) is 1. The summed E-state index contributed by atoms with van der Waals surface area (Å²) in [5.41, 5.74) is 1.70. The van der Waals surface area contributed by atoms with Crippen molar-refractivity contribution in [3.8, 4) is 0 Å². The number of rotatable bonds is 4. The quantitative estimate of drug-likeness (QED) is 0.878. The largest absolute Gasteiger partial charge is 0.351 e. The van der Waals surface area contributed by atoms with E-state index in [4.69, 9.17) is 4.98 Å². The third kappa shape index (κ3) is 3.64. The van der Waals surface area contributed by atoms with Crippen LogP contribution in [0.3, 0.4) is 0 Å². The normalized spacial score (nSPS) is 18.5. The van der Waals surface area contributed by atoms with Gasteiger partial charge in [-0.1, -0.05) is 0 Å². The lowest BCUT2D eigenvalue weighted by molar-refractivity contribution is 0.185. The van der Waals surface area contributed by atoms with Gasteiger partial charge in [-0.15, -0.1) is 0 Å². The molecule has 0 aliphatic carbocycles. The van der Waals surface area contributed by atoms with Gasteiger partial charge >= 0.3 is 6.03 Å². The molecule has 2 aliphatic heterocycles. The molecule has 0 aromatic carbocycles. The van der Waals surface area contributed by atoms with Crippen molar-refractivity contribution in [2.24, 2.45) is 0 Å². The summed E-state index contributed by atoms with van der Waals surface area (Å²) in [5.74, 6) is 1.23. The predicted molar refractivity (Wildman–Crippen MR) is 109 cm³/mol. The van der Waals surface area contributed by atoms with E-state index in [0.29, 0.717) is 24.4 Å². The number of aromatic nitrogens is 3. The third-order valence-electron chi connectivity index (χ3n) is 5.43. The van der Waals surface area contributed by atoms with Crippen molar-refractivity contribution in [3.63, 3.8) is 0 Å². The molecule has 2 aromatic heterocycles. The predicted octanol–water partition coefficient (Wildman–Crippen LogP) is 2.86. The number of nitrogens with zero attached hydrogens (tertiary/aromatic N) is 6. The minimum Gasteiger partial charge on any atom is -0.351 e. The summed E-state index contributed by atoms with van der Waals surface area (Å²) in [6, 6.07) is 4.03. The van der Waals surface area contributed by atoms with Gasteiger partial charge in [0.05, 0.1) is 12.2 Å². The Morgan fingerprint density at radius 3 is 2.57 bits per heavy atom. The van der Waals surface area contributed by atoms with Crippen LogP contribution in [0.15, 0.2) is 30.7 Å². The van der Waals surface area contributed by atoms with Crippen molar-refractivity contribution in [2.45, 2.75) is 45.3 Å². The van der Waals surface area contributed by atoms with E-state index in [1.165, 1.54) is 0 Å². The maximum absolute atomic E-state index is 13.2. The van der Waals surface area contributed by atoms with Crippen LogP contribution in [0, 0.1) is 0 Å². The zero-order valence-electron chi connectivity index (χ0n) is 16.7. The smallest absolute Gasteiger partial charge is 0.330 e. The molecule has 2 aliphatic rings. The molecule has 2 aromatic rings. The monoisotopic (exact) mass is 381 g/mol. The lowest BCUT2D eigenvalue weighted by Gasteiger charge is -2.38. The molecule has 28 heavy (non-hydrogen) atoms. The number of carbonyl (C=O) groups is 1. The number of pyridine rings is 1. The second-order valence-corrected chi connectivity index (χ2v) is 7.81. The molecular formula is C20H27N7O. The van der Waals surface area contributed by atoms with E-state index in [-0.39, 0.29) is 12.1 Å². The number of piperidine rings is 1. The maximum atomic E-state index is 13.2. The molecule has 0 atom stereocenters. The highest BCUT2D eigenvalue weighted by Crippen LogP contribution is 2.34. The number of amides is 2. The molecule has 0 bridgehead atoms. The van der Waals surface area contributed by atoms with Gasteiger partial charge in [0.15, 0.2) is 5.82 Å². The van der Waals surface area contributed by atoms with Crippen molar-refractivity contribution >= 4 is 23.5 Å². The van der Waals surface area contributed by atoms with Crippen molar-refractivity contribution < 1.29 is 4.79 Å².